The quantitative estimate of drug-likeness (QED) is 0.764. The first kappa shape index (κ1) is 17.3. The summed E-state index contributed by atoms with van der Waals surface area (Å²) in [4.78, 5) is 9.79. The van der Waals surface area contributed by atoms with Gasteiger partial charge in [-0.2, -0.15) is 11.6 Å². The molecule has 16 heavy (non-hydrogen) atoms. The third-order valence-corrected chi connectivity index (χ3v) is 14.9. The second-order valence-electron chi connectivity index (χ2n) is 5.87. The number of hydrogen-bond donors (Lipinski definition) is 1. The van der Waals surface area contributed by atoms with E-state index in [0.29, 0.717) is 0 Å². The number of hydrogen-bond acceptors (Lipinski definition) is 4. The minimum Gasteiger partial charge on any atom is -0.706 e. The van der Waals surface area contributed by atoms with E-state index in [9.17, 15) is 4.80 Å². The van der Waals surface area contributed by atoms with E-state index in [1.807, 2.05) is 11.6 Å². The first-order chi connectivity index (χ1) is 6.83. The van der Waals surface area contributed by atoms with E-state index in [1.165, 1.54) is 0 Å². The summed E-state index contributed by atoms with van der Waals surface area (Å²) in [5.41, 5.74) is 0. The van der Waals surface area contributed by atoms with Gasteiger partial charge in [0.1, 0.15) is 14.5 Å². The maximum Gasteiger partial charge on any atom is 0.454 e. The van der Waals surface area contributed by atoms with Crippen LogP contribution in [0.15, 0.2) is 0 Å². The van der Waals surface area contributed by atoms with Gasteiger partial charge in [-0.15, -0.1) is 0 Å². The van der Waals surface area contributed by atoms with E-state index in [-0.39, 0.29) is 0 Å². The molecule has 8 heteroatoms. The van der Waals surface area contributed by atoms with E-state index < -0.39 is 45.3 Å². The summed E-state index contributed by atoms with van der Waals surface area (Å²) in [5.74, 6) is 8.28. The van der Waals surface area contributed by atoms with Crippen molar-refractivity contribution in [2.75, 3.05) is 0 Å². The van der Waals surface area contributed by atoms with Crippen molar-refractivity contribution >= 4 is 45.3 Å². The molecule has 0 amide bonds. The molecule has 0 aliphatic heterocycles. The molecule has 0 aromatic rings. The summed E-state index contributed by atoms with van der Waals surface area (Å²) in [5, 5.41) is 0. The highest BCUT2D eigenvalue weighted by molar-refractivity contribution is 6.85. The second-order valence-corrected chi connectivity index (χ2v) is 19.7. The normalized spacial score (nSPS) is 14.6. The highest BCUT2D eigenvalue weighted by Gasteiger charge is 2.35. The van der Waals surface area contributed by atoms with Gasteiger partial charge in [0.05, 0.1) is 0 Å². The van der Waals surface area contributed by atoms with Gasteiger partial charge in [0.25, 0.3) is 8.56 Å². The van der Waals surface area contributed by atoms with Gasteiger partial charge in [-0.25, -0.2) is 11.6 Å². The highest BCUT2D eigenvalue weighted by atomic mass is 28.4. The Balaban J connectivity index is 4.45. The Morgan fingerprint density at radius 1 is 1.00 bits per heavy atom. The fourth-order valence-electron chi connectivity index (χ4n) is 2.00. The van der Waals surface area contributed by atoms with Gasteiger partial charge in [0, 0.05) is 0 Å². The molecule has 0 bridgehead atoms. The SMILES string of the molecule is [CH3][Al-]([CH3])[O][Si](C)(C)[O][Al-]([CH3])([CH3])[O][Si](C)(C)O. The smallest absolute Gasteiger partial charge is 0.454 e. The van der Waals surface area contributed by atoms with Crippen molar-refractivity contribution in [3.63, 3.8) is 0 Å². The lowest BCUT2D eigenvalue weighted by atomic mass is 11.9. The van der Waals surface area contributed by atoms with E-state index in [4.69, 9.17) is 10.4 Å². The van der Waals surface area contributed by atoms with Crippen LogP contribution in [-0.2, 0) is 10.4 Å². The summed E-state index contributed by atoms with van der Waals surface area (Å²) < 4.78 is 17.8. The third kappa shape index (κ3) is 9.38. The predicted molar refractivity (Wildman–Crippen MR) is 75.4 cm³/mol. The van der Waals surface area contributed by atoms with Crippen molar-refractivity contribution in [3.05, 3.63) is 0 Å². The van der Waals surface area contributed by atoms with Gasteiger partial charge in [-0.3, -0.25) is 0 Å². The van der Waals surface area contributed by atoms with Crippen LogP contribution in [0.2, 0.25) is 49.3 Å². The zero-order chi connectivity index (χ0) is 13.2. The average Bonchev–Trinajstić information content (AvgIpc) is 1.69. The zero-order valence-electron chi connectivity index (χ0n) is 11.8. The Morgan fingerprint density at radius 3 is 1.75 bits per heavy atom. The largest absolute Gasteiger partial charge is 0.706 e. The van der Waals surface area contributed by atoms with Crippen LogP contribution in [0.25, 0.3) is 0 Å². The first-order valence-electron chi connectivity index (χ1n) is 5.85. The molecule has 0 saturated carbocycles. The molecule has 97 valence electrons. The van der Waals surface area contributed by atoms with Crippen molar-refractivity contribution < 1.29 is 15.2 Å². The van der Waals surface area contributed by atoms with E-state index >= 15 is 0 Å². The van der Waals surface area contributed by atoms with Gasteiger partial charge in [0.2, 0.25) is 8.56 Å². The van der Waals surface area contributed by atoms with Crippen LogP contribution in [-0.4, -0.2) is 50.1 Å². The Morgan fingerprint density at radius 2 is 1.44 bits per heavy atom. The molecular weight excluding hydrogens is 270 g/mol. The summed E-state index contributed by atoms with van der Waals surface area (Å²) in [6, 6.07) is 0. The summed E-state index contributed by atoms with van der Waals surface area (Å²) >= 11 is -3.65. The molecule has 0 aromatic heterocycles. The van der Waals surface area contributed by atoms with Crippen LogP contribution in [0, 0.1) is 0 Å². The van der Waals surface area contributed by atoms with Gasteiger partial charge in [0.15, 0.2) is 0 Å². The Labute approximate surface area is 109 Å². The topological polar surface area (TPSA) is 47.9 Å². The molecule has 0 aliphatic rings. The maximum atomic E-state index is 9.79. The van der Waals surface area contributed by atoms with Crippen LogP contribution in [0.4, 0.5) is 0 Å². The van der Waals surface area contributed by atoms with Crippen molar-refractivity contribution in [2.24, 2.45) is 0 Å². The maximum absolute atomic E-state index is 9.79. The molecule has 1 radical (unpaired) electrons. The molecule has 1 N–H and O–H groups in total. The van der Waals surface area contributed by atoms with E-state index in [0.717, 1.165) is 0 Å². The lowest BCUT2D eigenvalue weighted by molar-refractivity contribution is 0.299. The van der Waals surface area contributed by atoms with Gasteiger partial charge < -0.3 is 15.2 Å². The molecule has 0 atom stereocenters. The van der Waals surface area contributed by atoms with Gasteiger partial charge in [-0.05, 0) is 26.2 Å². The predicted octanol–water partition coefficient (Wildman–Crippen LogP) is 2.39. The molecule has 0 rings (SSSR count). The lowest BCUT2D eigenvalue weighted by Crippen LogP contribution is -2.54. The van der Waals surface area contributed by atoms with Crippen molar-refractivity contribution in [2.45, 2.75) is 49.3 Å². The summed E-state index contributed by atoms with van der Waals surface area (Å²) in [6.45, 7) is 7.64. The van der Waals surface area contributed by atoms with Crippen LogP contribution in [0.3, 0.4) is 0 Å². The minimum absolute atomic E-state index is 1.08. The molecule has 0 fully saturated rings. The van der Waals surface area contributed by atoms with Crippen molar-refractivity contribution in [1.82, 2.24) is 0 Å². The van der Waals surface area contributed by atoms with Crippen LogP contribution in [0.5, 0.6) is 0 Å². The summed E-state index contributed by atoms with van der Waals surface area (Å²) in [6.07, 6.45) is 0. The molecule has 0 unspecified atom stereocenters. The minimum atomic E-state index is -2.57. The molecule has 4 nitrogen and oxygen atoms in total. The fraction of sp³-hybridized carbons (Fsp3) is 1.00. The van der Waals surface area contributed by atoms with Crippen molar-refractivity contribution in [1.29, 1.82) is 0 Å². The van der Waals surface area contributed by atoms with Crippen LogP contribution >= 0.6 is 0 Å². The average molecular weight is 295 g/mol. The Hall–Kier alpha value is 1.34. The standard InChI is InChI=1S/C2H7O2Si.C2H6O2Si.4CH3.2Al/c2*1-5(2,3)4;;;;;;/h3H,1-2H3;1-2H3;4*1H3;;/q-1;-2;;;;;;+1. The first-order valence-corrected chi connectivity index (χ1v) is 17.6. The monoisotopic (exact) mass is 295 g/mol. The second kappa shape index (κ2) is 5.99. The summed E-state index contributed by atoms with van der Waals surface area (Å²) in [7, 11) is -4.58. The molecule has 0 aliphatic carbocycles. The van der Waals surface area contributed by atoms with E-state index in [2.05, 4.69) is 24.7 Å². The molecule has 0 spiro atoms. The van der Waals surface area contributed by atoms with Crippen molar-refractivity contribution in [3.8, 4) is 0 Å². The number of rotatable bonds is 6. The molecule has 0 saturated heterocycles. The third-order valence-electron chi connectivity index (χ3n) is 1.66. The molecule has 0 aromatic carbocycles. The Kier molecular flexibility index (Phi) is 6.49. The Bertz CT molecular complexity index is 229. The molecule has 0 heterocycles. The lowest BCUT2D eigenvalue weighted by Gasteiger charge is -2.48. The van der Waals surface area contributed by atoms with Crippen LogP contribution < -0.4 is 0 Å². The fourth-order valence-corrected chi connectivity index (χ4v) is 18.9. The van der Waals surface area contributed by atoms with E-state index in [1.54, 1.807) is 13.1 Å². The van der Waals surface area contributed by atoms with Gasteiger partial charge in [-0.1, -0.05) is 0 Å². The van der Waals surface area contributed by atoms with Crippen LogP contribution in [0.1, 0.15) is 0 Å². The zero-order valence-corrected chi connectivity index (χ0v) is 16.1. The highest BCUT2D eigenvalue weighted by Crippen LogP contribution is 2.20. The van der Waals surface area contributed by atoms with Gasteiger partial charge >= 0.3 is 13.7 Å². The molecular formula is C8H25Al2O4Si2-2.